The molecule has 0 bridgehead atoms. The number of hydrogen-bond acceptors (Lipinski definition) is 3. The van der Waals surface area contributed by atoms with Gasteiger partial charge in [0.05, 0.1) is 11.4 Å². The van der Waals surface area contributed by atoms with Crippen molar-refractivity contribution < 1.29 is 17.2 Å². The van der Waals surface area contributed by atoms with E-state index in [1.165, 1.54) is 0 Å². The molecule has 0 saturated heterocycles. The Hall–Kier alpha value is -1.21. The first-order chi connectivity index (χ1) is 7.43. The second-order valence-electron chi connectivity index (χ2n) is 3.22. The summed E-state index contributed by atoms with van der Waals surface area (Å²) in [4.78, 5) is 0. The van der Waals surface area contributed by atoms with Gasteiger partial charge in [-0.1, -0.05) is 0 Å². The summed E-state index contributed by atoms with van der Waals surface area (Å²) in [6, 6.07) is 2.48. The fraction of sp³-hybridized carbons (Fsp3) is 0.333. The molecule has 0 heterocycles. The van der Waals surface area contributed by atoms with Crippen LogP contribution in [0.2, 0.25) is 0 Å². The highest BCUT2D eigenvalue weighted by Crippen LogP contribution is 2.14. The predicted molar refractivity (Wildman–Crippen MR) is 57.4 cm³/mol. The molecule has 0 atom stereocenters. The Labute approximate surface area is 92.5 Å². The molecule has 1 aromatic carbocycles. The van der Waals surface area contributed by atoms with E-state index in [1.54, 1.807) is 0 Å². The van der Waals surface area contributed by atoms with Crippen molar-refractivity contribution in [1.29, 1.82) is 0 Å². The molecule has 0 amide bonds. The lowest BCUT2D eigenvalue weighted by Crippen LogP contribution is -2.19. The largest absolute Gasteiger partial charge is 0.330 e. The van der Waals surface area contributed by atoms with Gasteiger partial charge >= 0.3 is 0 Å². The molecule has 1 aromatic rings. The number of anilines is 1. The van der Waals surface area contributed by atoms with Crippen molar-refractivity contribution in [3.8, 4) is 0 Å². The van der Waals surface area contributed by atoms with Crippen molar-refractivity contribution in [2.24, 2.45) is 5.73 Å². The molecule has 1 rings (SSSR count). The second-order valence-corrected chi connectivity index (χ2v) is 5.06. The predicted octanol–water partition coefficient (Wildman–Crippen LogP) is 1.06. The highest BCUT2D eigenvalue weighted by atomic mass is 32.2. The average Bonchev–Trinajstić information content (AvgIpc) is 2.12. The quantitative estimate of drug-likeness (QED) is 0.820. The summed E-state index contributed by atoms with van der Waals surface area (Å²) in [7, 11) is -3.59. The Morgan fingerprint density at radius 2 is 1.75 bits per heavy atom. The van der Waals surface area contributed by atoms with Crippen LogP contribution in [0.1, 0.15) is 6.42 Å². The summed E-state index contributed by atoms with van der Waals surface area (Å²) in [6.45, 7) is 0.235. The molecular formula is C9H12F2N2O2S. The summed E-state index contributed by atoms with van der Waals surface area (Å²) in [5, 5.41) is 0. The summed E-state index contributed by atoms with van der Waals surface area (Å²) < 4.78 is 50.3. The van der Waals surface area contributed by atoms with Gasteiger partial charge in [-0.2, -0.15) is 0 Å². The normalized spacial score (nSPS) is 11.4. The molecule has 0 radical (unpaired) electrons. The first-order valence-corrected chi connectivity index (χ1v) is 6.25. The van der Waals surface area contributed by atoms with Crippen LogP contribution < -0.4 is 10.5 Å². The molecule has 3 N–H and O–H groups in total. The van der Waals surface area contributed by atoms with E-state index in [2.05, 4.69) is 4.72 Å². The minimum absolute atomic E-state index is 0.130. The molecule has 90 valence electrons. The smallest absolute Gasteiger partial charge is 0.232 e. The van der Waals surface area contributed by atoms with E-state index < -0.39 is 21.7 Å². The molecule has 7 heteroatoms. The summed E-state index contributed by atoms with van der Waals surface area (Å²) in [5.41, 5.74) is 5.04. The number of nitrogens with one attached hydrogen (secondary N) is 1. The van der Waals surface area contributed by atoms with Crippen molar-refractivity contribution in [2.75, 3.05) is 17.0 Å². The van der Waals surface area contributed by atoms with Gasteiger partial charge in [-0.3, -0.25) is 4.72 Å². The number of sulfonamides is 1. The van der Waals surface area contributed by atoms with Gasteiger partial charge in [-0.25, -0.2) is 17.2 Å². The third-order valence-corrected chi connectivity index (χ3v) is 3.13. The van der Waals surface area contributed by atoms with Crippen LogP contribution in [-0.4, -0.2) is 20.7 Å². The lowest BCUT2D eigenvalue weighted by Gasteiger charge is -2.07. The topological polar surface area (TPSA) is 72.2 Å². The van der Waals surface area contributed by atoms with Crippen molar-refractivity contribution in [3.63, 3.8) is 0 Å². The molecule has 0 spiro atoms. The third kappa shape index (κ3) is 4.11. The highest BCUT2D eigenvalue weighted by molar-refractivity contribution is 7.92. The van der Waals surface area contributed by atoms with E-state index in [4.69, 9.17) is 5.73 Å². The zero-order chi connectivity index (χ0) is 12.2. The Balaban J connectivity index is 2.80. The highest BCUT2D eigenvalue weighted by Gasteiger charge is 2.10. The molecule has 0 saturated carbocycles. The molecule has 16 heavy (non-hydrogen) atoms. The van der Waals surface area contributed by atoms with Gasteiger partial charge in [0.15, 0.2) is 0 Å². The van der Waals surface area contributed by atoms with Crippen LogP contribution in [0.5, 0.6) is 0 Å². The van der Waals surface area contributed by atoms with Crippen molar-refractivity contribution in [3.05, 3.63) is 29.8 Å². The fourth-order valence-corrected chi connectivity index (χ4v) is 2.24. The monoisotopic (exact) mass is 250 g/mol. The lowest BCUT2D eigenvalue weighted by atomic mass is 10.3. The Morgan fingerprint density at radius 3 is 2.25 bits per heavy atom. The maximum Gasteiger partial charge on any atom is 0.232 e. The molecule has 0 aromatic heterocycles. The number of rotatable bonds is 5. The lowest BCUT2D eigenvalue weighted by molar-refractivity contribution is 0.584. The molecular weight excluding hydrogens is 238 g/mol. The SMILES string of the molecule is NCCCS(=O)(=O)Nc1cc(F)cc(F)c1. The fourth-order valence-electron chi connectivity index (χ4n) is 1.12. The Kier molecular flexibility index (Phi) is 4.19. The summed E-state index contributed by atoms with van der Waals surface area (Å²) in [6.07, 6.45) is 0.285. The van der Waals surface area contributed by atoms with Gasteiger partial charge in [0.2, 0.25) is 10.0 Å². The first kappa shape index (κ1) is 12.9. The number of nitrogens with two attached hydrogens (primary N) is 1. The van der Waals surface area contributed by atoms with Crippen molar-refractivity contribution >= 4 is 15.7 Å². The second kappa shape index (κ2) is 5.22. The minimum Gasteiger partial charge on any atom is -0.330 e. The van der Waals surface area contributed by atoms with E-state index >= 15 is 0 Å². The molecule has 4 nitrogen and oxygen atoms in total. The Morgan fingerprint density at radius 1 is 1.19 bits per heavy atom. The maximum atomic E-state index is 12.8. The third-order valence-electron chi connectivity index (χ3n) is 1.75. The number of benzene rings is 1. The molecule has 0 unspecified atom stereocenters. The maximum absolute atomic E-state index is 12.8. The van der Waals surface area contributed by atoms with Gasteiger partial charge in [0.1, 0.15) is 11.6 Å². The van der Waals surface area contributed by atoms with Gasteiger partial charge in [0, 0.05) is 6.07 Å². The van der Waals surface area contributed by atoms with Crippen LogP contribution in [0, 0.1) is 11.6 Å². The van der Waals surface area contributed by atoms with Crippen LogP contribution in [0.25, 0.3) is 0 Å². The Bertz CT molecular complexity index is 442. The zero-order valence-corrected chi connectivity index (χ0v) is 9.23. The van der Waals surface area contributed by atoms with Crippen LogP contribution in [-0.2, 0) is 10.0 Å². The number of halogens is 2. The van der Waals surface area contributed by atoms with Crippen LogP contribution in [0.15, 0.2) is 18.2 Å². The molecule has 0 aliphatic heterocycles. The van der Waals surface area contributed by atoms with Crippen molar-refractivity contribution in [1.82, 2.24) is 0 Å². The minimum atomic E-state index is -3.59. The molecule has 0 aliphatic carbocycles. The molecule has 0 fully saturated rings. The van der Waals surface area contributed by atoms with E-state index in [1.807, 2.05) is 0 Å². The average molecular weight is 250 g/mol. The van der Waals surface area contributed by atoms with Crippen LogP contribution in [0.4, 0.5) is 14.5 Å². The van der Waals surface area contributed by atoms with E-state index in [0.29, 0.717) is 6.07 Å². The molecule has 0 aliphatic rings. The van der Waals surface area contributed by atoms with E-state index in [-0.39, 0.29) is 24.4 Å². The number of hydrogen-bond donors (Lipinski definition) is 2. The van der Waals surface area contributed by atoms with E-state index in [9.17, 15) is 17.2 Å². The van der Waals surface area contributed by atoms with Gasteiger partial charge in [-0.05, 0) is 25.1 Å². The zero-order valence-electron chi connectivity index (χ0n) is 8.41. The van der Waals surface area contributed by atoms with Crippen molar-refractivity contribution in [2.45, 2.75) is 6.42 Å². The van der Waals surface area contributed by atoms with Gasteiger partial charge in [-0.15, -0.1) is 0 Å². The van der Waals surface area contributed by atoms with Crippen LogP contribution >= 0.6 is 0 Å². The van der Waals surface area contributed by atoms with E-state index in [0.717, 1.165) is 12.1 Å². The van der Waals surface area contributed by atoms with Gasteiger partial charge < -0.3 is 5.73 Å². The summed E-state index contributed by atoms with van der Waals surface area (Å²) >= 11 is 0. The summed E-state index contributed by atoms with van der Waals surface area (Å²) in [5.74, 6) is -1.85. The van der Waals surface area contributed by atoms with Gasteiger partial charge in [0.25, 0.3) is 0 Å². The first-order valence-electron chi connectivity index (χ1n) is 4.59. The standard InChI is InChI=1S/C9H12F2N2O2S/c10-7-4-8(11)6-9(5-7)13-16(14,15)3-1-2-12/h4-6,13H,1-3,12H2. The van der Waals surface area contributed by atoms with Crippen LogP contribution in [0.3, 0.4) is 0 Å².